The number of carboxylic acids is 2. The number of amides is 1. The van der Waals surface area contributed by atoms with E-state index in [1.807, 2.05) is 54.6 Å². The van der Waals surface area contributed by atoms with Crippen LogP contribution in [0.1, 0.15) is 34.3 Å². The number of nitrogens with two attached hydrogens (primary N) is 1. The fourth-order valence-corrected chi connectivity index (χ4v) is 4.62. The Labute approximate surface area is 269 Å². The minimum absolute atomic E-state index is 0.0242. The number of esters is 1. The Morgan fingerprint density at radius 2 is 1.52 bits per heavy atom. The molecule has 0 bridgehead atoms. The Morgan fingerprint density at radius 1 is 0.938 bits per heavy atom. The number of aliphatic carboxylic acids is 2. The van der Waals surface area contributed by atoms with Crippen molar-refractivity contribution in [1.82, 2.24) is 9.88 Å². The number of methoxy groups -OCH3 is 1. The van der Waals surface area contributed by atoms with Crippen molar-refractivity contribution in [1.29, 1.82) is 5.41 Å². The number of carbonyl (C=O) groups is 4. The van der Waals surface area contributed by atoms with Crippen LogP contribution in [0, 0.1) is 11.3 Å². The van der Waals surface area contributed by atoms with Crippen LogP contribution in [-0.4, -0.2) is 81.8 Å². The fourth-order valence-electron chi connectivity index (χ4n) is 4.62. The Bertz CT molecular complexity index is 1560. The molecule has 1 aliphatic rings. The third kappa shape index (κ3) is 11.4. The third-order valence-corrected chi connectivity index (χ3v) is 6.83. The maximum atomic E-state index is 13.4. The van der Waals surface area contributed by atoms with Gasteiger partial charge in [0.15, 0.2) is 0 Å². The van der Waals surface area contributed by atoms with Gasteiger partial charge >= 0.3 is 30.3 Å². The summed E-state index contributed by atoms with van der Waals surface area (Å²) in [6.07, 6.45) is -4.70. The number of nitrogens with zero attached hydrogens (tertiary/aromatic N) is 2. The lowest BCUT2D eigenvalue weighted by Gasteiger charge is -2.30. The number of rotatable bonds is 7. The molecule has 2 aromatic carbocycles. The Morgan fingerprint density at radius 3 is 2.00 bits per heavy atom. The van der Waals surface area contributed by atoms with Crippen molar-refractivity contribution in [2.45, 2.75) is 37.7 Å². The predicted octanol–water partition coefficient (Wildman–Crippen LogP) is 4.94. The molecule has 1 amide bonds. The average molecular weight is 685 g/mol. The summed E-state index contributed by atoms with van der Waals surface area (Å²) in [6.45, 7) is 0.592. The molecule has 3 aromatic rings. The van der Waals surface area contributed by atoms with Gasteiger partial charge in [-0.2, -0.15) is 26.3 Å². The number of carbonyl (C=O) groups excluding carboxylic acids is 2. The predicted molar refractivity (Wildman–Crippen MR) is 158 cm³/mol. The second-order valence-electron chi connectivity index (χ2n) is 10.1. The van der Waals surface area contributed by atoms with Crippen LogP contribution in [0.5, 0.6) is 0 Å². The average Bonchev–Trinajstić information content (AvgIpc) is 3.53. The Kier molecular flexibility index (Phi) is 13.6. The van der Waals surface area contributed by atoms with Crippen molar-refractivity contribution >= 4 is 29.7 Å². The van der Waals surface area contributed by atoms with E-state index >= 15 is 0 Å². The van der Waals surface area contributed by atoms with Gasteiger partial charge in [0.2, 0.25) is 0 Å². The number of aromatic nitrogens is 1. The smallest absolute Gasteiger partial charge is 0.475 e. The Hall–Kier alpha value is -5.48. The van der Waals surface area contributed by atoms with Crippen LogP contribution in [0.4, 0.5) is 26.3 Å². The van der Waals surface area contributed by atoms with Gasteiger partial charge < -0.3 is 25.6 Å². The molecule has 1 saturated heterocycles. The second-order valence-corrected chi connectivity index (χ2v) is 10.1. The molecule has 2 unspecified atom stereocenters. The number of hydrogen-bond donors (Lipinski definition) is 4. The number of likely N-dealkylation sites (tertiary alicyclic amines) is 1. The van der Waals surface area contributed by atoms with Crippen molar-refractivity contribution in [3.05, 3.63) is 89.7 Å². The highest BCUT2D eigenvalue weighted by atomic mass is 19.4. The number of nitrogen functional groups attached to an aromatic ring is 1. The van der Waals surface area contributed by atoms with Crippen molar-refractivity contribution in [2.75, 3.05) is 13.7 Å². The molecule has 0 saturated carbocycles. The van der Waals surface area contributed by atoms with Gasteiger partial charge in [0.05, 0.1) is 13.0 Å². The van der Waals surface area contributed by atoms with Crippen molar-refractivity contribution in [2.24, 2.45) is 11.7 Å². The first kappa shape index (κ1) is 38.7. The summed E-state index contributed by atoms with van der Waals surface area (Å²) in [6, 6.07) is 18.4. The molecular formula is C31H30F6N4O7. The number of nitrogens with one attached hydrogen (secondary N) is 1. The molecule has 1 aromatic heterocycles. The van der Waals surface area contributed by atoms with Crippen molar-refractivity contribution < 1.29 is 60.5 Å². The van der Waals surface area contributed by atoms with E-state index in [1.54, 1.807) is 23.4 Å². The van der Waals surface area contributed by atoms with Crippen molar-refractivity contribution in [3.8, 4) is 11.1 Å². The van der Waals surface area contributed by atoms with Gasteiger partial charge in [-0.1, -0.05) is 36.4 Å². The SMILES string of the molecule is COC(=O)C(Cc1cccc(C(=N)N)c1)C1CCCN1C(=O)c1ccc(-c2cccnc2)cc1.O=C(O)C(F)(F)F.O=C(O)C(F)(F)F. The van der Waals surface area contributed by atoms with Gasteiger partial charge in [0.1, 0.15) is 5.84 Å². The standard InChI is InChI=1S/C27H28N4O3.2C2HF3O2/c1-34-27(33)23(16-18-5-2-6-21(15-18)25(28)29)24-8-4-14-31(24)26(32)20-11-9-19(10-12-20)22-7-3-13-30-17-22;2*3-2(4,5)1(6)7/h2-3,5-7,9-13,15,17,23-24H,4,8,14,16H2,1H3,(H3,28,29);2*(H,6,7). The van der Waals surface area contributed by atoms with Gasteiger partial charge in [0.25, 0.3) is 5.91 Å². The van der Waals surface area contributed by atoms with Crippen molar-refractivity contribution in [3.63, 3.8) is 0 Å². The number of amidine groups is 1. The Balaban J connectivity index is 0.000000479. The first-order valence-corrected chi connectivity index (χ1v) is 13.8. The van der Waals surface area contributed by atoms with E-state index in [1.165, 1.54) is 7.11 Å². The summed E-state index contributed by atoms with van der Waals surface area (Å²) >= 11 is 0. The van der Waals surface area contributed by atoms with Crippen LogP contribution in [0.25, 0.3) is 11.1 Å². The largest absolute Gasteiger partial charge is 0.490 e. The van der Waals surface area contributed by atoms with E-state index in [-0.39, 0.29) is 23.8 Å². The zero-order valence-electron chi connectivity index (χ0n) is 25.1. The zero-order chi connectivity index (χ0) is 36.2. The second kappa shape index (κ2) is 16.9. The number of pyridine rings is 1. The maximum absolute atomic E-state index is 13.4. The van der Waals surface area contributed by atoms with E-state index in [4.69, 9.17) is 35.7 Å². The highest BCUT2D eigenvalue weighted by molar-refractivity contribution is 5.96. The minimum atomic E-state index is -5.08. The van der Waals surface area contributed by atoms with Crippen LogP contribution in [0.3, 0.4) is 0 Å². The summed E-state index contributed by atoms with van der Waals surface area (Å²) in [5.74, 6) is -6.48. The lowest BCUT2D eigenvalue weighted by Crippen LogP contribution is -2.44. The number of alkyl halides is 6. The topological polar surface area (TPSA) is 184 Å². The van der Waals surface area contributed by atoms with Gasteiger partial charge in [-0.3, -0.25) is 20.0 Å². The number of benzene rings is 2. The number of carboxylic acid groups (broad SMARTS) is 2. The van der Waals surface area contributed by atoms with E-state index in [0.29, 0.717) is 24.1 Å². The normalized spacial score (nSPS) is 14.7. The first-order chi connectivity index (χ1) is 22.4. The van der Waals surface area contributed by atoms with Gasteiger partial charge in [-0.25, -0.2) is 9.59 Å². The third-order valence-electron chi connectivity index (χ3n) is 6.83. The summed E-state index contributed by atoms with van der Waals surface area (Å²) in [4.78, 5) is 50.0. The van der Waals surface area contributed by atoms with E-state index in [2.05, 4.69) is 4.98 Å². The number of ether oxygens (including phenoxy) is 1. The number of halogens is 6. The van der Waals surface area contributed by atoms with E-state index < -0.39 is 30.2 Å². The lowest BCUT2D eigenvalue weighted by molar-refractivity contribution is -0.193. The molecule has 258 valence electrons. The van der Waals surface area contributed by atoms with Crippen LogP contribution in [0.2, 0.25) is 0 Å². The molecule has 1 fully saturated rings. The molecule has 4 rings (SSSR count). The number of hydrogen-bond acceptors (Lipinski definition) is 7. The summed E-state index contributed by atoms with van der Waals surface area (Å²) in [5.41, 5.74) is 9.67. The molecule has 17 heteroatoms. The van der Waals surface area contributed by atoms with Gasteiger partial charge in [-0.15, -0.1) is 0 Å². The summed E-state index contributed by atoms with van der Waals surface area (Å²) < 4.78 is 68.6. The molecule has 2 heterocycles. The van der Waals surface area contributed by atoms with Gasteiger partial charge in [-0.05, 0) is 60.2 Å². The zero-order valence-corrected chi connectivity index (χ0v) is 25.1. The molecule has 5 N–H and O–H groups in total. The van der Waals surface area contributed by atoms with Crippen LogP contribution < -0.4 is 5.73 Å². The molecule has 11 nitrogen and oxygen atoms in total. The van der Waals surface area contributed by atoms with Gasteiger partial charge in [0, 0.05) is 36.1 Å². The summed E-state index contributed by atoms with van der Waals surface area (Å²) in [7, 11) is 1.37. The minimum Gasteiger partial charge on any atom is -0.475 e. The highest BCUT2D eigenvalue weighted by Gasteiger charge is 2.40. The van der Waals surface area contributed by atoms with Crippen LogP contribution in [0.15, 0.2) is 73.1 Å². The first-order valence-electron chi connectivity index (χ1n) is 13.8. The molecule has 48 heavy (non-hydrogen) atoms. The highest BCUT2D eigenvalue weighted by Crippen LogP contribution is 2.30. The molecular weight excluding hydrogens is 654 g/mol. The molecule has 0 spiro atoms. The molecule has 0 radical (unpaired) electrons. The van der Waals surface area contributed by atoms with E-state index in [9.17, 15) is 35.9 Å². The monoisotopic (exact) mass is 684 g/mol. The lowest BCUT2D eigenvalue weighted by atomic mass is 9.89. The summed E-state index contributed by atoms with van der Waals surface area (Å²) in [5, 5.41) is 21.9. The molecule has 1 aliphatic heterocycles. The maximum Gasteiger partial charge on any atom is 0.490 e. The molecule has 0 aliphatic carbocycles. The quantitative estimate of drug-likeness (QED) is 0.116. The van der Waals surface area contributed by atoms with Crippen LogP contribution >= 0.6 is 0 Å². The fraction of sp³-hybridized carbons (Fsp3) is 0.290. The van der Waals surface area contributed by atoms with E-state index in [0.717, 1.165) is 29.5 Å². The molecule has 2 atom stereocenters. The van der Waals surface area contributed by atoms with Crippen LogP contribution in [-0.2, 0) is 25.5 Å².